The summed E-state index contributed by atoms with van der Waals surface area (Å²) in [5, 5.41) is 32.0. The molecule has 2 aromatic carbocycles. The van der Waals surface area contributed by atoms with Crippen LogP contribution in [0.15, 0.2) is 36.4 Å². The van der Waals surface area contributed by atoms with Crippen molar-refractivity contribution in [1.29, 1.82) is 0 Å². The highest BCUT2D eigenvalue weighted by Gasteiger charge is 2.35. The monoisotopic (exact) mass is 476 g/mol. The molecule has 0 spiro atoms. The number of nitro groups is 2. The van der Waals surface area contributed by atoms with E-state index in [0.29, 0.717) is 5.69 Å². The Bertz CT molecular complexity index is 1020. The maximum Gasteiger partial charge on any atom is 0.416 e. The van der Waals surface area contributed by atoms with Crippen LogP contribution in [0.1, 0.15) is 15.9 Å². The summed E-state index contributed by atoms with van der Waals surface area (Å²) in [5.41, 5.74) is -2.88. The van der Waals surface area contributed by atoms with E-state index in [2.05, 4.69) is 0 Å². The summed E-state index contributed by atoms with van der Waals surface area (Å²) in [6.45, 7) is 0.390. The molecule has 1 aliphatic rings. The van der Waals surface area contributed by atoms with Gasteiger partial charge in [0, 0.05) is 44.0 Å². The summed E-state index contributed by atoms with van der Waals surface area (Å²) in [4.78, 5) is 35.4. The minimum atomic E-state index is -4.51. The van der Waals surface area contributed by atoms with Crippen molar-refractivity contribution in [2.75, 3.05) is 36.0 Å². The third-order valence-electron chi connectivity index (χ3n) is 4.84. The fourth-order valence-electron chi connectivity index (χ4n) is 3.40. The summed E-state index contributed by atoms with van der Waals surface area (Å²) in [5.74, 6) is -1.55. The van der Waals surface area contributed by atoms with Gasteiger partial charge >= 0.3 is 23.5 Å². The summed E-state index contributed by atoms with van der Waals surface area (Å²) < 4.78 is 38.9. The summed E-state index contributed by atoms with van der Waals surface area (Å²) in [7, 11) is 0. The molecule has 32 heavy (non-hydrogen) atoms. The quantitative estimate of drug-likeness (QED) is 0.506. The molecule has 0 unspecified atom stereocenters. The number of piperazine rings is 1. The molecule has 3 rings (SSSR count). The van der Waals surface area contributed by atoms with Gasteiger partial charge in [-0.25, -0.2) is 4.79 Å². The molecule has 10 nitrogen and oxygen atoms in total. The van der Waals surface area contributed by atoms with Gasteiger partial charge in [-0.15, -0.1) is 12.4 Å². The highest BCUT2D eigenvalue weighted by molar-refractivity contribution is 5.92. The van der Waals surface area contributed by atoms with E-state index in [1.165, 1.54) is 17.0 Å². The summed E-state index contributed by atoms with van der Waals surface area (Å²) in [6, 6.07) is 6.20. The second-order valence-electron chi connectivity index (χ2n) is 6.70. The third-order valence-corrected chi connectivity index (χ3v) is 4.84. The van der Waals surface area contributed by atoms with Gasteiger partial charge in [0.2, 0.25) is 0 Å². The van der Waals surface area contributed by atoms with Gasteiger partial charge in [0.1, 0.15) is 0 Å². The van der Waals surface area contributed by atoms with Gasteiger partial charge in [0.25, 0.3) is 0 Å². The van der Waals surface area contributed by atoms with E-state index in [1.807, 2.05) is 0 Å². The number of alkyl halides is 3. The first kappa shape index (κ1) is 24.7. The third kappa shape index (κ3) is 4.99. The van der Waals surface area contributed by atoms with E-state index < -0.39 is 44.5 Å². The number of nitrogens with zero attached hydrogens (tertiary/aromatic N) is 4. The van der Waals surface area contributed by atoms with Crippen molar-refractivity contribution in [3.8, 4) is 0 Å². The lowest BCUT2D eigenvalue weighted by molar-refractivity contribution is -0.392. The molecule has 0 radical (unpaired) electrons. The number of carboxylic acids is 1. The maximum atomic E-state index is 13.0. The molecular formula is C18H16ClF3N4O6. The minimum Gasteiger partial charge on any atom is -0.478 e. The first-order valence-electron chi connectivity index (χ1n) is 8.86. The molecular weight excluding hydrogens is 461 g/mol. The largest absolute Gasteiger partial charge is 0.478 e. The molecule has 1 N–H and O–H groups in total. The SMILES string of the molecule is Cl.O=C(O)c1cc([N+](=O)[O-])c(N2CCN(c3cccc(C(F)(F)F)c3)CC2)c([N+](=O)[O-])c1. The lowest BCUT2D eigenvalue weighted by atomic mass is 10.1. The molecule has 0 amide bonds. The van der Waals surface area contributed by atoms with Gasteiger partial charge in [0.15, 0.2) is 5.69 Å². The van der Waals surface area contributed by atoms with Crippen molar-refractivity contribution in [2.45, 2.75) is 6.18 Å². The Balaban J connectivity index is 0.00000363. The van der Waals surface area contributed by atoms with E-state index >= 15 is 0 Å². The lowest BCUT2D eigenvalue weighted by Gasteiger charge is -2.37. The van der Waals surface area contributed by atoms with Crippen molar-refractivity contribution in [2.24, 2.45) is 0 Å². The molecule has 0 aromatic heterocycles. The molecule has 1 fully saturated rings. The Hall–Kier alpha value is -3.61. The fourth-order valence-corrected chi connectivity index (χ4v) is 3.40. The summed E-state index contributed by atoms with van der Waals surface area (Å²) in [6.07, 6.45) is -4.51. The van der Waals surface area contributed by atoms with Gasteiger partial charge in [-0.2, -0.15) is 13.2 Å². The van der Waals surface area contributed by atoms with E-state index in [0.717, 1.165) is 24.3 Å². The van der Waals surface area contributed by atoms with Gasteiger partial charge in [0.05, 0.1) is 21.0 Å². The summed E-state index contributed by atoms with van der Waals surface area (Å²) >= 11 is 0. The molecule has 14 heteroatoms. The molecule has 2 aromatic rings. The van der Waals surface area contributed by atoms with E-state index in [4.69, 9.17) is 5.11 Å². The van der Waals surface area contributed by atoms with Crippen LogP contribution >= 0.6 is 12.4 Å². The molecule has 0 atom stereocenters. The van der Waals surface area contributed by atoms with Crippen molar-refractivity contribution in [1.82, 2.24) is 0 Å². The minimum absolute atomic E-state index is 0. The maximum absolute atomic E-state index is 13.0. The zero-order valence-corrected chi connectivity index (χ0v) is 16.9. The van der Waals surface area contributed by atoms with E-state index in [1.54, 1.807) is 4.90 Å². The topological polar surface area (TPSA) is 130 Å². The Labute approximate surface area is 184 Å². The standard InChI is InChI=1S/C18H15F3N4O6.ClH/c19-18(20,21)12-2-1-3-13(10-12)22-4-6-23(7-5-22)16-14(24(28)29)8-11(17(26)27)9-15(16)25(30)31;/h1-3,8-10H,4-7H2,(H,26,27);1H. The van der Waals surface area contributed by atoms with Crippen LogP contribution in [0.2, 0.25) is 0 Å². The highest BCUT2D eigenvalue weighted by Crippen LogP contribution is 2.40. The average molecular weight is 477 g/mol. The van der Waals surface area contributed by atoms with Gasteiger partial charge in [-0.1, -0.05) is 6.07 Å². The van der Waals surface area contributed by atoms with E-state index in [9.17, 15) is 38.2 Å². The predicted molar refractivity (Wildman–Crippen MR) is 110 cm³/mol. The number of nitro benzene ring substituents is 2. The predicted octanol–water partition coefficient (Wildman–Crippen LogP) is 3.97. The van der Waals surface area contributed by atoms with Crippen LogP contribution in [0.5, 0.6) is 0 Å². The van der Waals surface area contributed by atoms with Crippen LogP contribution in [0, 0.1) is 20.2 Å². The van der Waals surface area contributed by atoms with Crippen molar-refractivity contribution in [3.63, 3.8) is 0 Å². The second kappa shape index (κ2) is 9.26. The van der Waals surface area contributed by atoms with Crippen LogP contribution in [0.4, 0.5) is 35.9 Å². The van der Waals surface area contributed by atoms with E-state index in [-0.39, 0.29) is 44.3 Å². The number of aromatic carboxylic acids is 1. The molecule has 1 aliphatic heterocycles. The normalized spacial score (nSPS) is 14.0. The van der Waals surface area contributed by atoms with Gasteiger partial charge in [-0.3, -0.25) is 20.2 Å². The first-order chi connectivity index (χ1) is 14.5. The number of benzene rings is 2. The number of hydrogen-bond donors (Lipinski definition) is 1. The zero-order valence-electron chi connectivity index (χ0n) is 16.1. The van der Waals surface area contributed by atoms with Crippen LogP contribution in [0.3, 0.4) is 0 Å². The highest BCUT2D eigenvalue weighted by atomic mass is 35.5. The Morgan fingerprint density at radius 2 is 1.44 bits per heavy atom. The number of anilines is 2. The smallest absolute Gasteiger partial charge is 0.416 e. The second-order valence-corrected chi connectivity index (χ2v) is 6.70. The van der Waals surface area contributed by atoms with Crippen molar-refractivity contribution >= 4 is 41.1 Å². The molecule has 0 saturated carbocycles. The fraction of sp³-hybridized carbons (Fsp3) is 0.278. The Morgan fingerprint density at radius 1 is 0.938 bits per heavy atom. The van der Waals surface area contributed by atoms with Crippen LogP contribution in [-0.4, -0.2) is 47.1 Å². The average Bonchev–Trinajstić information content (AvgIpc) is 2.72. The van der Waals surface area contributed by atoms with Gasteiger partial charge < -0.3 is 14.9 Å². The van der Waals surface area contributed by atoms with Crippen LogP contribution in [-0.2, 0) is 6.18 Å². The lowest BCUT2D eigenvalue weighted by Crippen LogP contribution is -2.47. The Kier molecular flexibility index (Phi) is 7.13. The number of hydrogen-bond acceptors (Lipinski definition) is 7. The van der Waals surface area contributed by atoms with Crippen molar-refractivity contribution < 1.29 is 32.9 Å². The number of carboxylic acid groups (broad SMARTS) is 1. The van der Waals surface area contributed by atoms with Crippen molar-refractivity contribution in [3.05, 3.63) is 67.8 Å². The molecule has 1 saturated heterocycles. The molecule has 0 bridgehead atoms. The first-order valence-corrected chi connectivity index (χ1v) is 8.86. The molecule has 0 aliphatic carbocycles. The Morgan fingerprint density at radius 3 is 1.88 bits per heavy atom. The van der Waals surface area contributed by atoms with Crippen LogP contribution in [0.25, 0.3) is 0 Å². The number of rotatable bonds is 5. The molecule has 172 valence electrons. The number of halogens is 4. The number of carbonyl (C=O) groups is 1. The molecule has 1 heterocycles. The van der Waals surface area contributed by atoms with Crippen LogP contribution < -0.4 is 9.80 Å². The van der Waals surface area contributed by atoms with Gasteiger partial charge in [-0.05, 0) is 18.2 Å². The zero-order chi connectivity index (χ0) is 22.9.